The summed E-state index contributed by atoms with van der Waals surface area (Å²) in [6, 6.07) is 0. The van der Waals surface area contributed by atoms with E-state index in [4.69, 9.17) is 0 Å². The first kappa shape index (κ1) is 15.5. The van der Waals surface area contributed by atoms with Gasteiger partial charge in [-0.1, -0.05) is 87.6 Å². The second-order valence-electron chi connectivity index (χ2n) is 8.42. The molecule has 0 heterocycles. The minimum atomic E-state index is 0.757. The maximum atomic E-state index is 2.52. The van der Waals surface area contributed by atoms with Crippen molar-refractivity contribution in [3.05, 3.63) is 48.6 Å². The molecule has 0 aromatic rings. The smallest absolute Gasteiger partial charge is 0.00956 e. The van der Waals surface area contributed by atoms with Crippen LogP contribution in [-0.2, 0) is 0 Å². The van der Waals surface area contributed by atoms with Gasteiger partial charge in [-0.15, -0.1) is 0 Å². The molecular weight excluding hydrogens is 276 g/mol. The van der Waals surface area contributed by atoms with Crippen LogP contribution in [0.15, 0.2) is 48.6 Å². The monoisotopic (exact) mass is 308 g/mol. The summed E-state index contributed by atoms with van der Waals surface area (Å²) >= 11 is 0. The lowest BCUT2D eigenvalue weighted by atomic mass is 9.79. The van der Waals surface area contributed by atoms with E-state index in [1.807, 2.05) is 0 Å². The lowest BCUT2D eigenvalue weighted by Gasteiger charge is -2.25. The molecule has 6 unspecified atom stereocenters. The second-order valence-corrected chi connectivity index (χ2v) is 8.42. The Labute approximate surface area is 142 Å². The lowest BCUT2D eigenvalue weighted by molar-refractivity contribution is 0.309. The van der Waals surface area contributed by atoms with E-state index >= 15 is 0 Å². The quantitative estimate of drug-likeness (QED) is 0.556. The van der Waals surface area contributed by atoms with Gasteiger partial charge in [0, 0.05) is 0 Å². The molecule has 2 saturated carbocycles. The molecule has 0 nitrogen and oxygen atoms in total. The fraction of sp³-hybridized carbons (Fsp3) is 0.652. The molecule has 0 N–H and O–H groups in total. The van der Waals surface area contributed by atoms with Crippen LogP contribution >= 0.6 is 0 Å². The highest BCUT2D eigenvalue weighted by atomic mass is 14.5. The Hall–Kier alpha value is -1.04. The highest BCUT2D eigenvalue weighted by Crippen LogP contribution is 2.53. The number of allylic oxidation sites excluding steroid dienone is 8. The molecule has 0 aliphatic heterocycles. The topological polar surface area (TPSA) is 0 Å². The normalized spacial score (nSPS) is 43.8. The fourth-order valence-corrected chi connectivity index (χ4v) is 6.09. The van der Waals surface area contributed by atoms with Crippen molar-refractivity contribution in [1.29, 1.82) is 0 Å². The number of hydrogen-bond acceptors (Lipinski definition) is 0. The molecular formula is C23H32. The first-order chi connectivity index (χ1) is 11.4. The molecule has 124 valence electrons. The van der Waals surface area contributed by atoms with E-state index in [0.29, 0.717) is 0 Å². The van der Waals surface area contributed by atoms with Crippen molar-refractivity contribution in [2.24, 2.45) is 41.4 Å². The fourth-order valence-electron chi connectivity index (χ4n) is 6.09. The average molecular weight is 309 g/mol. The predicted molar refractivity (Wildman–Crippen MR) is 99.0 cm³/mol. The van der Waals surface area contributed by atoms with Gasteiger partial charge in [-0.05, 0) is 54.3 Å². The second kappa shape index (κ2) is 6.83. The van der Waals surface area contributed by atoms with Crippen LogP contribution in [0.3, 0.4) is 0 Å². The van der Waals surface area contributed by atoms with Crippen LogP contribution in [0.2, 0.25) is 0 Å². The Morgan fingerprint density at radius 3 is 1.74 bits per heavy atom. The average Bonchev–Trinajstić information content (AvgIpc) is 3.16. The minimum Gasteiger partial charge on any atom is -0.0805 e. The molecule has 0 amide bonds. The molecule has 0 saturated heterocycles. The van der Waals surface area contributed by atoms with Gasteiger partial charge in [0.1, 0.15) is 0 Å². The Morgan fingerprint density at radius 2 is 1.17 bits per heavy atom. The molecule has 23 heavy (non-hydrogen) atoms. The molecule has 4 aliphatic carbocycles. The van der Waals surface area contributed by atoms with Crippen molar-refractivity contribution in [2.75, 3.05) is 0 Å². The summed E-state index contributed by atoms with van der Waals surface area (Å²) in [7, 11) is 0. The summed E-state index contributed by atoms with van der Waals surface area (Å²) in [4.78, 5) is 0. The molecule has 4 aliphatic rings. The van der Waals surface area contributed by atoms with Crippen molar-refractivity contribution in [1.82, 2.24) is 0 Å². The zero-order chi connectivity index (χ0) is 15.6. The van der Waals surface area contributed by atoms with Gasteiger partial charge >= 0.3 is 0 Å². The van der Waals surface area contributed by atoms with Crippen LogP contribution in [-0.4, -0.2) is 0 Å². The minimum absolute atomic E-state index is 0.757. The first-order valence-electron chi connectivity index (χ1n) is 10.1. The molecule has 0 spiro atoms. The number of rotatable bonds is 5. The van der Waals surface area contributed by atoms with Crippen LogP contribution in [0.5, 0.6) is 0 Å². The first-order valence-corrected chi connectivity index (χ1v) is 10.1. The lowest BCUT2D eigenvalue weighted by Crippen LogP contribution is -2.17. The van der Waals surface area contributed by atoms with Crippen LogP contribution in [0.25, 0.3) is 0 Å². The van der Waals surface area contributed by atoms with E-state index in [9.17, 15) is 0 Å². The van der Waals surface area contributed by atoms with E-state index in [-0.39, 0.29) is 0 Å². The maximum Gasteiger partial charge on any atom is -0.00956 e. The van der Waals surface area contributed by atoms with Gasteiger partial charge in [0.05, 0.1) is 0 Å². The van der Waals surface area contributed by atoms with Crippen LogP contribution in [0.4, 0.5) is 0 Å². The molecule has 0 aromatic carbocycles. The van der Waals surface area contributed by atoms with Gasteiger partial charge in [0.25, 0.3) is 0 Å². The maximum absolute atomic E-state index is 2.52. The van der Waals surface area contributed by atoms with Crippen LogP contribution in [0, 0.1) is 41.4 Å². The number of fused-ring (bicyclic) bond motifs is 3. The summed E-state index contributed by atoms with van der Waals surface area (Å²) in [5.41, 5.74) is 0. The van der Waals surface area contributed by atoms with E-state index in [1.54, 1.807) is 0 Å². The molecule has 0 heteroatoms. The summed E-state index contributed by atoms with van der Waals surface area (Å²) in [5.74, 6) is 6.03. The molecule has 0 aromatic heterocycles. The van der Waals surface area contributed by atoms with Crippen molar-refractivity contribution >= 4 is 0 Å². The summed E-state index contributed by atoms with van der Waals surface area (Å²) in [5, 5.41) is 0. The van der Waals surface area contributed by atoms with Crippen molar-refractivity contribution in [3.63, 3.8) is 0 Å². The highest BCUT2D eigenvalue weighted by molar-refractivity contribution is 5.28. The molecule has 2 fully saturated rings. The summed E-state index contributed by atoms with van der Waals surface area (Å²) < 4.78 is 0. The Morgan fingerprint density at radius 1 is 0.652 bits per heavy atom. The zero-order valence-corrected chi connectivity index (χ0v) is 14.6. The third kappa shape index (κ3) is 3.02. The Kier molecular flexibility index (Phi) is 4.60. The van der Waals surface area contributed by atoms with E-state index in [2.05, 4.69) is 55.5 Å². The summed E-state index contributed by atoms with van der Waals surface area (Å²) in [6.07, 6.45) is 29.5. The number of hydrogen-bond donors (Lipinski definition) is 0. The van der Waals surface area contributed by atoms with Crippen LogP contribution in [0.1, 0.15) is 51.9 Å². The molecule has 0 bridgehead atoms. The van der Waals surface area contributed by atoms with E-state index in [1.165, 1.54) is 44.9 Å². The zero-order valence-electron chi connectivity index (χ0n) is 14.6. The Bertz CT molecular complexity index is 486. The van der Waals surface area contributed by atoms with Gasteiger partial charge in [-0.2, -0.15) is 0 Å². The van der Waals surface area contributed by atoms with Gasteiger partial charge in [-0.3, -0.25) is 0 Å². The third-order valence-electron chi connectivity index (χ3n) is 7.13. The molecule has 4 rings (SSSR count). The molecule has 0 radical (unpaired) electrons. The van der Waals surface area contributed by atoms with Crippen LogP contribution < -0.4 is 0 Å². The van der Waals surface area contributed by atoms with Gasteiger partial charge < -0.3 is 0 Å². The van der Waals surface area contributed by atoms with E-state index < -0.39 is 0 Å². The third-order valence-corrected chi connectivity index (χ3v) is 7.13. The Balaban J connectivity index is 1.40. The van der Waals surface area contributed by atoms with E-state index in [0.717, 1.165) is 41.4 Å². The van der Waals surface area contributed by atoms with Crippen molar-refractivity contribution in [3.8, 4) is 0 Å². The van der Waals surface area contributed by atoms with Gasteiger partial charge in [0.15, 0.2) is 0 Å². The van der Waals surface area contributed by atoms with Gasteiger partial charge in [0.2, 0.25) is 0 Å². The largest absolute Gasteiger partial charge is 0.0805 e. The van der Waals surface area contributed by atoms with Gasteiger partial charge in [-0.25, -0.2) is 0 Å². The predicted octanol–water partition coefficient (Wildman–Crippen LogP) is 6.33. The SMILES string of the molecule is CCCC1CCC(CCC2C3C=CC=CC3C3C=CC=CC32)C1. The van der Waals surface area contributed by atoms with Crippen molar-refractivity contribution in [2.45, 2.75) is 51.9 Å². The highest BCUT2D eigenvalue weighted by Gasteiger charge is 2.46. The van der Waals surface area contributed by atoms with Crippen molar-refractivity contribution < 1.29 is 0 Å². The molecule has 6 atom stereocenters. The summed E-state index contributed by atoms with van der Waals surface area (Å²) in [6.45, 7) is 2.35. The standard InChI is InChI=1S/C23H32/c1-2-7-17-12-13-18(16-17)14-15-23-21-10-5-3-8-19(21)20-9-4-6-11-22(20)23/h3-6,8-11,17-23H,2,7,12-16H2,1H3.